The van der Waals surface area contributed by atoms with Gasteiger partial charge in [0.05, 0.1) is 12.2 Å². The summed E-state index contributed by atoms with van der Waals surface area (Å²) in [6, 6.07) is 5.58. The highest BCUT2D eigenvalue weighted by atomic mass is 32.2. The molecule has 0 radical (unpaired) electrons. The molecular weight excluding hydrogens is 482 g/mol. The molecule has 4 heterocycles. The summed E-state index contributed by atoms with van der Waals surface area (Å²) in [7, 11) is -3.09. The molecule has 2 fully saturated rings. The lowest BCUT2D eigenvalue weighted by atomic mass is 9.91. The number of pyridine rings is 1. The Bertz CT molecular complexity index is 1160. The fourth-order valence-electron chi connectivity index (χ4n) is 5.21. The Morgan fingerprint density at radius 3 is 2.78 bits per heavy atom. The van der Waals surface area contributed by atoms with Crippen molar-refractivity contribution >= 4 is 22.6 Å². The van der Waals surface area contributed by atoms with Crippen LogP contribution in [-0.2, 0) is 10.9 Å². The highest BCUT2D eigenvalue weighted by Gasteiger charge is 2.42. The molecule has 0 bridgehead atoms. The molecule has 0 spiro atoms. The largest absolute Gasteiger partial charge is 0.476 e. The summed E-state index contributed by atoms with van der Waals surface area (Å²) in [5.74, 6) is 1.47. The Kier molecular flexibility index (Phi) is 7.86. The fourth-order valence-corrected chi connectivity index (χ4v) is 5.49. The molecule has 36 heavy (non-hydrogen) atoms. The molecule has 0 saturated carbocycles. The molecule has 2 aliphatic rings. The van der Waals surface area contributed by atoms with E-state index < -0.39 is 16.8 Å². The van der Waals surface area contributed by atoms with Crippen LogP contribution in [-0.4, -0.2) is 66.4 Å². The minimum Gasteiger partial charge on any atom is -0.476 e. The van der Waals surface area contributed by atoms with Gasteiger partial charge in [-0.3, -0.25) is 9.52 Å². The Morgan fingerprint density at radius 1 is 1.33 bits per heavy atom. The summed E-state index contributed by atoms with van der Waals surface area (Å²) in [4.78, 5) is 19.7. The van der Waals surface area contributed by atoms with E-state index in [1.54, 1.807) is 29.1 Å². The number of thiol groups is 1. The lowest BCUT2D eigenvalue weighted by Gasteiger charge is -2.33. The number of rotatable bonds is 9. The molecule has 2 aromatic heterocycles. The van der Waals surface area contributed by atoms with Crippen LogP contribution in [0.5, 0.6) is 5.88 Å². The number of amides is 1. The highest BCUT2D eigenvalue weighted by molar-refractivity contribution is 7.71. The molecule has 1 unspecified atom stereocenters. The maximum atomic E-state index is 12.8. The van der Waals surface area contributed by atoms with Crippen LogP contribution in [0.1, 0.15) is 57.3 Å². The van der Waals surface area contributed by atoms with Gasteiger partial charge in [-0.05, 0) is 57.1 Å². The lowest BCUT2D eigenvalue weighted by Crippen LogP contribution is -2.40. The third-order valence-electron chi connectivity index (χ3n) is 6.75. The molecular formula is C24H37N7O4S. The number of nitrogens with two attached hydrogens (primary N) is 1. The van der Waals surface area contributed by atoms with E-state index >= 15 is 0 Å². The van der Waals surface area contributed by atoms with Crippen molar-refractivity contribution in [2.45, 2.75) is 64.6 Å². The fraction of sp³-hybridized carbons (Fsp3) is 0.625. The van der Waals surface area contributed by atoms with Gasteiger partial charge >= 0.3 is 0 Å². The first-order valence-corrected chi connectivity index (χ1v) is 13.6. The van der Waals surface area contributed by atoms with E-state index in [0.29, 0.717) is 48.5 Å². The van der Waals surface area contributed by atoms with Gasteiger partial charge in [-0.15, -0.1) is 5.10 Å². The van der Waals surface area contributed by atoms with Crippen LogP contribution in [0, 0.1) is 11.8 Å². The Hall–Kier alpha value is -2.70. The van der Waals surface area contributed by atoms with E-state index in [9.17, 15) is 13.2 Å². The van der Waals surface area contributed by atoms with Crippen molar-refractivity contribution in [1.82, 2.24) is 24.8 Å². The molecule has 4 rings (SSSR count). The second-order valence-electron chi connectivity index (χ2n) is 10.9. The van der Waals surface area contributed by atoms with Gasteiger partial charge in [0.15, 0.2) is 5.82 Å². The summed E-state index contributed by atoms with van der Waals surface area (Å²) in [5, 5.41) is 7.97. The zero-order chi connectivity index (χ0) is 26.0. The average molecular weight is 520 g/mol. The molecule has 0 aliphatic carbocycles. The normalized spacial score (nSPS) is 23.5. The first-order chi connectivity index (χ1) is 17.0. The molecule has 1 amide bonds. The number of anilines is 1. The molecule has 3 atom stereocenters. The van der Waals surface area contributed by atoms with E-state index in [2.05, 4.69) is 43.0 Å². The van der Waals surface area contributed by atoms with Crippen LogP contribution in [0.25, 0.3) is 5.82 Å². The number of carbonyl (C=O) groups excluding carboxylic acids is 1. The van der Waals surface area contributed by atoms with Crippen molar-refractivity contribution in [3.8, 4) is 11.7 Å². The minimum atomic E-state index is -3.09. The smallest absolute Gasteiger partial charge is 0.268 e. The van der Waals surface area contributed by atoms with Crippen LogP contribution in [0.2, 0.25) is 0 Å². The first-order valence-electron chi connectivity index (χ1n) is 12.4. The van der Waals surface area contributed by atoms with Crippen LogP contribution < -0.4 is 25.4 Å². The molecule has 2 aromatic rings. The van der Waals surface area contributed by atoms with Gasteiger partial charge in [-0.1, -0.05) is 13.8 Å². The quantitative estimate of drug-likeness (QED) is 0.360. The van der Waals surface area contributed by atoms with Crippen molar-refractivity contribution in [1.29, 1.82) is 0 Å². The summed E-state index contributed by atoms with van der Waals surface area (Å²) >= 11 is 0. The predicted molar refractivity (Wildman–Crippen MR) is 138 cm³/mol. The Morgan fingerprint density at radius 2 is 2.11 bits per heavy atom. The van der Waals surface area contributed by atoms with Gasteiger partial charge in [-0.2, -0.15) is 0 Å². The number of nitrogens with one attached hydrogen (secondary N) is 2. The maximum Gasteiger partial charge on any atom is 0.268 e. The van der Waals surface area contributed by atoms with Gasteiger partial charge in [-0.25, -0.2) is 18.1 Å². The lowest BCUT2D eigenvalue weighted by molar-refractivity contribution is 0.0982. The molecule has 198 valence electrons. The SMILES string of the molecule is CC(C)COc1ccn(-c2ccc(C(=O)N[SH](=O)=O)c(N3C[C@@H](CC4C[C@@H](N)CN4)CC3(C)C)n2)n1. The van der Waals surface area contributed by atoms with Crippen molar-refractivity contribution in [3.63, 3.8) is 0 Å². The third-order valence-corrected chi connectivity index (χ3v) is 7.14. The molecule has 2 saturated heterocycles. The number of carbonyl (C=O) groups is 1. The maximum absolute atomic E-state index is 12.8. The number of ether oxygens (including phenoxy) is 1. The zero-order valence-electron chi connectivity index (χ0n) is 21.3. The molecule has 0 aromatic carbocycles. The third kappa shape index (κ3) is 6.16. The number of hydrogen-bond donors (Lipinski definition) is 4. The zero-order valence-corrected chi connectivity index (χ0v) is 22.2. The summed E-state index contributed by atoms with van der Waals surface area (Å²) in [5.41, 5.74) is 5.99. The van der Waals surface area contributed by atoms with Crippen LogP contribution in [0.15, 0.2) is 24.4 Å². The topological polar surface area (TPSA) is 144 Å². The van der Waals surface area contributed by atoms with Crippen molar-refractivity contribution in [2.75, 3.05) is 24.6 Å². The molecule has 4 N–H and O–H groups in total. The Balaban J connectivity index is 1.64. The van der Waals surface area contributed by atoms with Gasteiger partial charge < -0.3 is 20.7 Å². The van der Waals surface area contributed by atoms with E-state index in [-0.39, 0.29) is 17.1 Å². The van der Waals surface area contributed by atoms with Crippen molar-refractivity contribution in [3.05, 3.63) is 30.0 Å². The van der Waals surface area contributed by atoms with Crippen molar-refractivity contribution < 1.29 is 17.9 Å². The summed E-state index contributed by atoms with van der Waals surface area (Å²) in [6.45, 7) is 10.4. The van der Waals surface area contributed by atoms with E-state index in [4.69, 9.17) is 15.5 Å². The molecule has 2 aliphatic heterocycles. The van der Waals surface area contributed by atoms with Gasteiger partial charge in [0, 0.05) is 43.0 Å². The number of aromatic nitrogens is 3. The van der Waals surface area contributed by atoms with Gasteiger partial charge in [0.1, 0.15) is 5.82 Å². The monoisotopic (exact) mass is 519 g/mol. The number of nitrogens with zero attached hydrogens (tertiary/aromatic N) is 4. The van der Waals surface area contributed by atoms with E-state index in [1.165, 1.54) is 0 Å². The average Bonchev–Trinajstić information content (AvgIpc) is 3.50. The van der Waals surface area contributed by atoms with E-state index in [0.717, 1.165) is 25.8 Å². The van der Waals surface area contributed by atoms with Gasteiger partial charge in [0.2, 0.25) is 16.8 Å². The minimum absolute atomic E-state index is 0.187. The molecule has 11 nitrogen and oxygen atoms in total. The first kappa shape index (κ1) is 26.4. The van der Waals surface area contributed by atoms with Crippen molar-refractivity contribution in [2.24, 2.45) is 17.6 Å². The second-order valence-corrected chi connectivity index (χ2v) is 11.6. The van der Waals surface area contributed by atoms with Gasteiger partial charge in [0.25, 0.3) is 5.91 Å². The highest BCUT2D eigenvalue weighted by Crippen LogP contribution is 2.40. The summed E-state index contributed by atoms with van der Waals surface area (Å²) in [6.07, 6.45) is 4.60. The molecule has 12 heteroatoms. The van der Waals surface area contributed by atoms with Crippen LogP contribution in [0.4, 0.5) is 5.82 Å². The number of hydrogen-bond acceptors (Lipinski definition) is 9. The summed E-state index contributed by atoms with van der Waals surface area (Å²) < 4.78 is 31.8. The predicted octanol–water partition coefficient (Wildman–Crippen LogP) is 1.24. The van der Waals surface area contributed by atoms with Crippen LogP contribution in [0.3, 0.4) is 0 Å². The Labute approximate surface area is 213 Å². The second kappa shape index (κ2) is 10.7. The van der Waals surface area contributed by atoms with Crippen LogP contribution >= 0.6 is 0 Å². The standard InChI is InChI=1S/C24H37N7O4S/c1-15(2)14-35-21-7-8-31(28-21)20-6-5-19(23(32)29-36(33)34)22(27-20)30-13-16(11-24(30,3)4)9-18-10-17(25)12-26-18/h5-8,15-18,26,36H,9-14,25H2,1-4H3,(H,29,32,33,34)/t16-,17+,18?/m0/s1. The van der Waals surface area contributed by atoms with E-state index in [1.807, 2.05) is 4.72 Å².